The van der Waals surface area contributed by atoms with Crippen molar-refractivity contribution in [1.82, 2.24) is 15.0 Å². The Hall–Kier alpha value is -3.40. The third-order valence-electron chi connectivity index (χ3n) is 4.76. The van der Waals surface area contributed by atoms with Gasteiger partial charge in [0.05, 0.1) is 10.7 Å². The van der Waals surface area contributed by atoms with Crippen molar-refractivity contribution in [1.29, 1.82) is 0 Å². The first-order valence-corrected chi connectivity index (χ1v) is 10.7. The largest absolute Gasteiger partial charge is 0.507 e. The fourth-order valence-electron chi connectivity index (χ4n) is 3.19. The lowest BCUT2D eigenvalue weighted by Crippen LogP contribution is -2.31. The van der Waals surface area contributed by atoms with E-state index in [-0.39, 0.29) is 17.4 Å². The summed E-state index contributed by atoms with van der Waals surface area (Å²) in [5, 5.41) is 26.9. The number of para-hydroxylation sites is 1. The van der Waals surface area contributed by atoms with Crippen molar-refractivity contribution in [2.24, 2.45) is 5.10 Å². The predicted molar refractivity (Wildman–Crippen MR) is 124 cm³/mol. The molecular formula is C21H22BrN7O2. The van der Waals surface area contributed by atoms with Gasteiger partial charge in [0.25, 0.3) is 0 Å². The maximum absolute atomic E-state index is 9.98. The number of rotatable bonds is 6. The van der Waals surface area contributed by atoms with Gasteiger partial charge in [0.2, 0.25) is 17.8 Å². The Kier molecular flexibility index (Phi) is 6.46. The molecule has 160 valence electrons. The summed E-state index contributed by atoms with van der Waals surface area (Å²) in [7, 11) is 0. The predicted octanol–water partition coefficient (Wildman–Crippen LogP) is 4.23. The molecule has 0 saturated carbocycles. The number of aromatic hydroxyl groups is 2. The molecule has 10 heteroatoms. The Labute approximate surface area is 188 Å². The molecule has 0 amide bonds. The normalized spacial score (nSPS) is 14.0. The van der Waals surface area contributed by atoms with Crippen molar-refractivity contribution in [3.05, 3.63) is 52.5 Å². The maximum Gasteiger partial charge on any atom is 0.250 e. The molecule has 4 rings (SSSR count). The van der Waals surface area contributed by atoms with Crippen LogP contribution in [-0.4, -0.2) is 44.5 Å². The molecule has 0 atom stereocenters. The molecule has 31 heavy (non-hydrogen) atoms. The number of hydrazone groups is 1. The Bertz CT molecular complexity index is 1070. The average molecular weight is 484 g/mol. The minimum absolute atomic E-state index is 0.0529. The summed E-state index contributed by atoms with van der Waals surface area (Å²) in [5.41, 5.74) is 4.10. The van der Waals surface area contributed by atoms with E-state index >= 15 is 0 Å². The fraction of sp³-hybridized carbons (Fsp3) is 0.238. The van der Waals surface area contributed by atoms with Gasteiger partial charge in [0.1, 0.15) is 11.5 Å². The van der Waals surface area contributed by atoms with Gasteiger partial charge in [-0.15, -0.1) is 0 Å². The lowest BCUT2D eigenvalue weighted by atomic mass is 10.1. The lowest BCUT2D eigenvalue weighted by Gasteiger charge is -2.26. The van der Waals surface area contributed by atoms with E-state index in [1.807, 2.05) is 30.3 Å². The minimum atomic E-state index is -0.0951. The first kappa shape index (κ1) is 20.9. The summed E-state index contributed by atoms with van der Waals surface area (Å²) in [5.74, 6) is 1.13. The summed E-state index contributed by atoms with van der Waals surface area (Å²) in [4.78, 5) is 15.6. The number of hydrogen-bond acceptors (Lipinski definition) is 9. The van der Waals surface area contributed by atoms with Crippen LogP contribution in [-0.2, 0) is 0 Å². The van der Waals surface area contributed by atoms with E-state index in [1.54, 1.807) is 6.07 Å². The minimum Gasteiger partial charge on any atom is -0.507 e. The Morgan fingerprint density at radius 1 is 0.935 bits per heavy atom. The fourth-order valence-corrected chi connectivity index (χ4v) is 3.55. The van der Waals surface area contributed by atoms with Crippen LogP contribution in [0.3, 0.4) is 0 Å². The molecule has 1 saturated heterocycles. The molecule has 4 N–H and O–H groups in total. The molecule has 9 nitrogen and oxygen atoms in total. The van der Waals surface area contributed by atoms with Crippen LogP contribution < -0.4 is 15.6 Å². The number of phenolic OH excluding ortho intramolecular Hbond substituents is 2. The van der Waals surface area contributed by atoms with Crippen molar-refractivity contribution in [2.45, 2.75) is 19.3 Å². The highest BCUT2D eigenvalue weighted by Crippen LogP contribution is 2.30. The SMILES string of the molecule is Oc1cc(O)c(/C=N/Nc2nc(Nc3ccccc3)nc(N3CCCCC3)n2)cc1Br. The van der Waals surface area contributed by atoms with Gasteiger partial charge in [-0.3, -0.25) is 0 Å². The third-order valence-corrected chi connectivity index (χ3v) is 5.39. The molecule has 1 aliphatic heterocycles. The quantitative estimate of drug-likeness (QED) is 0.303. The topological polar surface area (TPSA) is 119 Å². The van der Waals surface area contributed by atoms with E-state index in [1.165, 1.54) is 18.7 Å². The van der Waals surface area contributed by atoms with E-state index in [0.717, 1.165) is 31.6 Å². The Balaban J connectivity index is 1.58. The monoisotopic (exact) mass is 483 g/mol. The Morgan fingerprint density at radius 2 is 1.68 bits per heavy atom. The number of aromatic nitrogens is 3. The molecule has 1 fully saturated rings. The van der Waals surface area contributed by atoms with Crippen LogP contribution >= 0.6 is 15.9 Å². The molecule has 0 spiro atoms. The number of phenols is 2. The zero-order chi connectivity index (χ0) is 21.6. The maximum atomic E-state index is 9.98. The number of anilines is 4. The number of hydrogen-bond donors (Lipinski definition) is 4. The summed E-state index contributed by atoms with van der Waals surface area (Å²) < 4.78 is 0.452. The van der Waals surface area contributed by atoms with E-state index in [0.29, 0.717) is 21.9 Å². The van der Waals surface area contributed by atoms with Gasteiger partial charge in [0, 0.05) is 30.4 Å². The molecule has 1 aromatic heterocycles. The van der Waals surface area contributed by atoms with Crippen molar-refractivity contribution < 1.29 is 10.2 Å². The van der Waals surface area contributed by atoms with Crippen LogP contribution in [0.2, 0.25) is 0 Å². The van der Waals surface area contributed by atoms with Gasteiger partial charge in [0.15, 0.2) is 0 Å². The number of piperidine rings is 1. The first-order chi connectivity index (χ1) is 15.1. The van der Waals surface area contributed by atoms with Crippen molar-refractivity contribution >= 4 is 45.7 Å². The standard InChI is InChI=1S/C21H22BrN7O2/c22-16-11-14(17(30)12-18(16)31)13-23-28-20-25-19(24-15-7-3-1-4-8-15)26-21(27-20)29-9-5-2-6-10-29/h1,3-4,7-8,11-13,30-31H,2,5-6,9-10H2,(H2,24,25,26,27,28)/b23-13+. The third kappa shape index (κ3) is 5.40. The second kappa shape index (κ2) is 9.61. The molecule has 0 radical (unpaired) electrons. The Morgan fingerprint density at radius 3 is 2.45 bits per heavy atom. The van der Waals surface area contributed by atoms with E-state index in [9.17, 15) is 10.2 Å². The second-order valence-electron chi connectivity index (χ2n) is 7.05. The van der Waals surface area contributed by atoms with E-state index in [4.69, 9.17) is 0 Å². The summed E-state index contributed by atoms with van der Waals surface area (Å²) in [6, 6.07) is 12.5. The van der Waals surface area contributed by atoms with Crippen molar-refractivity contribution in [3.8, 4) is 11.5 Å². The summed E-state index contributed by atoms with van der Waals surface area (Å²) >= 11 is 3.22. The number of halogens is 1. The first-order valence-electron chi connectivity index (χ1n) is 9.92. The number of nitrogens with zero attached hydrogens (tertiary/aromatic N) is 5. The molecular weight excluding hydrogens is 462 g/mol. The van der Waals surface area contributed by atoms with Crippen LogP contribution in [0.1, 0.15) is 24.8 Å². The van der Waals surface area contributed by atoms with Crippen molar-refractivity contribution in [2.75, 3.05) is 28.7 Å². The number of benzene rings is 2. The van der Waals surface area contributed by atoms with Gasteiger partial charge in [-0.2, -0.15) is 20.1 Å². The molecule has 2 heterocycles. The summed E-state index contributed by atoms with van der Waals surface area (Å²) in [6.07, 6.45) is 4.83. The second-order valence-corrected chi connectivity index (χ2v) is 7.91. The van der Waals surface area contributed by atoms with Gasteiger partial charge in [-0.05, 0) is 53.4 Å². The van der Waals surface area contributed by atoms with Gasteiger partial charge < -0.3 is 20.4 Å². The zero-order valence-corrected chi connectivity index (χ0v) is 18.2. The van der Waals surface area contributed by atoms with Crippen molar-refractivity contribution in [3.63, 3.8) is 0 Å². The van der Waals surface area contributed by atoms with Crippen LogP contribution in [0.15, 0.2) is 52.0 Å². The molecule has 1 aliphatic rings. The molecule has 0 unspecified atom stereocenters. The highest BCUT2D eigenvalue weighted by Gasteiger charge is 2.16. The molecule has 3 aromatic rings. The molecule has 0 aliphatic carbocycles. The van der Waals surface area contributed by atoms with Crippen LogP contribution in [0.25, 0.3) is 0 Å². The van der Waals surface area contributed by atoms with Crippen LogP contribution in [0.5, 0.6) is 11.5 Å². The smallest absolute Gasteiger partial charge is 0.250 e. The van der Waals surface area contributed by atoms with Crippen LogP contribution in [0.4, 0.5) is 23.5 Å². The lowest BCUT2D eigenvalue weighted by molar-refractivity contribution is 0.448. The van der Waals surface area contributed by atoms with Crippen LogP contribution in [0, 0.1) is 0 Å². The van der Waals surface area contributed by atoms with E-state index < -0.39 is 0 Å². The zero-order valence-electron chi connectivity index (χ0n) is 16.7. The van der Waals surface area contributed by atoms with Gasteiger partial charge in [-0.25, -0.2) is 5.43 Å². The van der Waals surface area contributed by atoms with Gasteiger partial charge in [-0.1, -0.05) is 18.2 Å². The average Bonchev–Trinajstić information content (AvgIpc) is 2.78. The summed E-state index contributed by atoms with van der Waals surface area (Å²) in [6.45, 7) is 1.79. The van der Waals surface area contributed by atoms with E-state index in [2.05, 4.69) is 51.6 Å². The van der Waals surface area contributed by atoms with Gasteiger partial charge >= 0.3 is 0 Å². The highest BCUT2D eigenvalue weighted by atomic mass is 79.9. The molecule has 0 bridgehead atoms. The molecule has 2 aromatic carbocycles. The highest BCUT2D eigenvalue weighted by molar-refractivity contribution is 9.10. The number of nitrogens with one attached hydrogen (secondary N) is 2.